The number of carbonyl (C=O) groups is 2. The smallest absolute Gasteiger partial charge is 0.373 e. The maximum Gasteiger partial charge on any atom is 0.373 e. The second-order valence-corrected chi connectivity index (χ2v) is 4.42. The van der Waals surface area contributed by atoms with Crippen LogP contribution in [-0.2, 0) is 24.7 Å². The molecule has 0 saturated carbocycles. The van der Waals surface area contributed by atoms with Gasteiger partial charge < -0.3 is 9.47 Å². The van der Waals surface area contributed by atoms with Crippen LogP contribution in [0.2, 0.25) is 0 Å². The number of hydrogen-bond acceptors (Lipinski definition) is 5. The first-order valence-electron chi connectivity index (χ1n) is 4.65. The summed E-state index contributed by atoms with van der Waals surface area (Å²) in [5.74, 6) is -0.910. The van der Waals surface area contributed by atoms with E-state index < -0.39 is 11.6 Å². The number of esters is 1. The van der Waals surface area contributed by atoms with Gasteiger partial charge in [0.25, 0.3) is 0 Å². The topological polar surface area (TPSA) is 52.6 Å². The van der Waals surface area contributed by atoms with E-state index in [1.54, 1.807) is 13.0 Å². The average molecular weight is 238 g/mol. The summed E-state index contributed by atoms with van der Waals surface area (Å²) in [7, 11) is 1.25. The summed E-state index contributed by atoms with van der Waals surface area (Å²) < 4.78 is 9.92. The summed E-state index contributed by atoms with van der Waals surface area (Å²) >= 11 is 1.41. The molecule has 1 atom stereocenters. The van der Waals surface area contributed by atoms with Crippen LogP contribution in [0.3, 0.4) is 0 Å². The number of carbonyl (C=O) groups excluding carboxylic acids is 2. The molecule has 1 aliphatic rings. The van der Waals surface area contributed by atoms with Crippen molar-refractivity contribution in [2.75, 3.05) is 7.11 Å². The zero-order valence-electron chi connectivity index (χ0n) is 8.85. The van der Waals surface area contributed by atoms with Gasteiger partial charge >= 0.3 is 5.97 Å². The normalized spacial score (nSPS) is 23.9. The van der Waals surface area contributed by atoms with E-state index >= 15 is 0 Å². The molecule has 0 spiro atoms. The molecule has 5 heteroatoms. The molecule has 1 aromatic heterocycles. The minimum absolute atomic E-state index is 0.0385. The van der Waals surface area contributed by atoms with Gasteiger partial charge in [-0.1, -0.05) is 6.07 Å². The van der Waals surface area contributed by atoms with E-state index in [9.17, 15) is 9.59 Å². The highest BCUT2D eigenvalue weighted by molar-refractivity contribution is 7.10. The number of rotatable bonds is 2. The van der Waals surface area contributed by atoms with Crippen molar-refractivity contribution in [1.29, 1.82) is 0 Å². The third-order valence-electron chi connectivity index (χ3n) is 2.42. The van der Waals surface area contributed by atoms with Gasteiger partial charge in [0.2, 0.25) is 17.1 Å². The van der Waals surface area contributed by atoms with Crippen molar-refractivity contribution in [3.63, 3.8) is 0 Å². The van der Waals surface area contributed by atoms with Gasteiger partial charge in [0.15, 0.2) is 0 Å². The molecule has 0 saturated heterocycles. The van der Waals surface area contributed by atoms with Crippen LogP contribution in [0.4, 0.5) is 0 Å². The van der Waals surface area contributed by atoms with Crippen molar-refractivity contribution in [3.8, 4) is 0 Å². The molecular weight excluding hydrogens is 228 g/mol. The molecule has 0 fully saturated rings. The first-order valence-corrected chi connectivity index (χ1v) is 5.53. The summed E-state index contributed by atoms with van der Waals surface area (Å²) in [6.45, 7) is 1.65. The Balaban J connectivity index is 2.30. The summed E-state index contributed by atoms with van der Waals surface area (Å²) in [4.78, 5) is 23.8. The Bertz CT molecular complexity index is 460. The highest BCUT2D eigenvalue weighted by atomic mass is 32.1. The fourth-order valence-electron chi connectivity index (χ4n) is 1.48. The maximum atomic E-state index is 11.8. The third kappa shape index (κ3) is 1.53. The third-order valence-corrected chi connectivity index (χ3v) is 3.50. The van der Waals surface area contributed by atoms with Crippen molar-refractivity contribution in [1.82, 2.24) is 0 Å². The monoisotopic (exact) mass is 238 g/mol. The molecular formula is C11H10O4S. The zero-order chi connectivity index (χ0) is 11.8. The fraction of sp³-hybridized carbons (Fsp3) is 0.273. The molecule has 0 bridgehead atoms. The molecule has 1 unspecified atom stereocenters. The minimum atomic E-state index is -1.09. The molecule has 4 nitrogen and oxygen atoms in total. The average Bonchev–Trinajstić information content (AvgIpc) is 2.87. The Hall–Kier alpha value is -1.62. The van der Waals surface area contributed by atoms with Gasteiger partial charge in [-0.25, -0.2) is 4.79 Å². The van der Waals surface area contributed by atoms with Gasteiger partial charge in [-0.3, -0.25) is 4.79 Å². The lowest BCUT2D eigenvalue weighted by Crippen LogP contribution is -2.29. The summed E-state index contributed by atoms with van der Waals surface area (Å²) in [6, 6.07) is 3.63. The van der Waals surface area contributed by atoms with Crippen LogP contribution in [0.15, 0.2) is 29.3 Å². The lowest BCUT2D eigenvalue weighted by Gasteiger charge is -2.21. The van der Waals surface area contributed by atoms with Crippen LogP contribution in [0.5, 0.6) is 0 Å². The van der Waals surface area contributed by atoms with Gasteiger partial charge in [-0.05, 0) is 18.4 Å². The minimum Gasteiger partial charge on any atom is -0.466 e. The van der Waals surface area contributed by atoms with Crippen LogP contribution in [0.1, 0.15) is 11.8 Å². The molecule has 0 amide bonds. The quantitative estimate of drug-likeness (QED) is 0.735. The number of methoxy groups -OCH3 is 1. The van der Waals surface area contributed by atoms with Crippen molar-refractivity contribution in [3.05, 3.63) is 34.2 Å². The van der Waals surface area contributed by atoms with Crippen molar-refractivity contribution >= 4 is 23.1 Å². The van der Waals surface area contributed by atoms with E-state index in [-0.39, 0.29) is 11.5 Å². The lowest BCUT2D eigenvalue weighted by molar-refractivity contribution is -0.144. The van der Waals surface area contributed by atoms with Gasteiger partial charge in [0.05, 0.1) is 12.0 Å². The largest absolute Gasteiger partial charge is 0.466 e. The Labute approximate surface area is 96.5 Å². The molecule has 0 radical (unpaired) electrons. The fourth-order valence-corrected chi connectivity index (χ4v) is 2.31. The van der Waals surface area contributed by atoms with Crippen LogP contribution in [0, 0.1) is 0 Å². The number of ether oxygens (including phenoxy) is 2. The van der Waals surface area contributed by atoms with E-state index in [4.69, 9.17) is 4.74 Å². The summed E-state index contributed by atoms with van der Waals surface area (Å²) in [5.41, 5.74) is -1.09. The Morgan fingerprint density at radius 2 is 2.31 bits per heavy atom. The first-order chi connectivity index (χ1) is 7.58. The van der Waals surface area contributed by atoms with E-state index in [0.717, 1.165) is 4.88 Å². The Morgan fingerprint density at radius 1 is 1.56 bits per heavy atom. The van der Waals surface area contributed by atoms with E-state index in [0.29, 0.717) is 0 Å². The molecule has 84 valence electrons. The Kier molecular flexibility index (Phi) is 2.55. The molecule has 1 aromatic rings. The molecule has 0 aromatic carbocycles. The first kappa shape index (κ1) is 10.9. The highest BCUT2D eigenvalue weighted by Gasteiger charge is 2.44. The van der Waals surface area contributed by atoms with E-state index in [1.165, 1.54) is 24.5 Å². The molecule has 2 rings (SSSR count). The van der Waals surface area contributed by atoms with E-state index in [2.05, 4.69) is 4.74 Å². The van der Waals surface area contributed by atoms with Crippen molar-refractivity contribution in [2.45, 2.75) is 12.5 Å². The summed E-state index contributed by atoms with van der Waals surface area (Å²) in [6.07, 6.45) is 1.19. The second-order valence-electron chi connectivity index (χ2n) is 3.48. The van der Waals surface area contributed by atoms with Crippen LogP contribution < -0.4 is 0 Å². The van der Waals surface area contributed by atoms with Crippen molar-refractivity contribution in [2.24, 2.45) is 0 Å². The van der Waals surface area contributed by atoms with Gasteiger partial charge in [0.1, 0.15) is 0 Å². The standard InChI is InChI=1S/C11H10O4S/c1-11(9-4-3-5-16-9)8(12)6-7(15-11)10(13)14-2/h3-6H,1-2H3. The molecule has 16 heavy (non-hydrogen) atoms. The lowest BCUT2D eigenvalue weighted by atomic mass is 10.0. The van der Waals surface area contributed by atoms with Crippen LogP contribution >= 0.6 is 11.3 Å². The van der Waals surface area contributed by atoms with Crippen molar-refractivity contribution < 1.29 is 19.1 Å². The van der Waals surface area contributed by atoms with Gasteiger partial charge in [0, 0.05) is 6.08 Å². The summed E-state index contributed by atoms with van der Waals surface area (Å²) in [5, 5.41) is 1.85. The highest BCUT2D eigenvalue weighted by Crippen LogP contribution is 2.37. The zero-order valence-corrected chi connectivity index (χ0v) is 9.67. The maximum absolute atomic E-state index is 11.8. The van der Waals surface area contributed by atoms with E-state index in [1.807, 2.05) is 11.4 Å². The molecule has 0 N–H and O–H groups in total. The number of ketones is 1. The number of thiophene rings is 1. The predicted molar refractivity (Wildman–Crippen MR) is 57.9 cm³/mol. The molecule has 2 heterocycles. The molecule has 1 aliphatic heterocycles. The number of hydrogen-bond donors (Lipinski definition) is 0. The van der Waals surface area contributed by atoms with Gasteiger partial charge in [-0.2, -0.15) is 0 Å². The van der Waals surface area contributed by atoms with Crippen LogP contribution in [-0.4, -0.2) is 18.9 Å². The Morgan fingerprint density at radius 3 is 2.88 bits per heavy atom. The second kappa shape index (κ2) is 3.75. The van der Waals surface area contributed by atoms with Crippen LogP contribution in [0.25, 0.3) is 0 Å². The molecule has 0 aliphatic carbocycles. The SMILES string of the molecule is COC(=O)C1=CC(=O)C(C)(c2cccs2)O1. The predicted octanol–water partition coefficient (Wildman–Crippen LogP) is 1.62. The van der Waals surface area contributed by atoms with Gasteiger partial charge in [-0.15, -0.1) is 11.3 Å².